The summed E-state index contributed by atoms with van der Waals surface area (Å²) in [5.41, 5.74) is 2.98. The highest BCUT2D eigenvalue weighted by Crippen LogP contribution is 2.24. The number of nitrogens with one attached hydrogen (secondary N) is 1. The highest BCUT2D eigenvalue weighted by Gasteiger charge is 2.20. The van der Waals surface area contributed by atoms with Crippen LogP contribution in [-0.2, 0) is 6.54 Å². The maximum absolute atomic E-state index is 13.2. The molecule has 0 amide bonds. The van der Waals surface area contributed by atoms with E-state index in [4.69, 9.17) is 4.74 Å². The Balaban J connectivity index is 2.63. The largest absolute Gasteiger partial charge is 0.481 e. The van der Waals surface area contributed by atoms with E-state index in [0.717, 1.165) is 36.4 Å². The highest BCUT2D eigenvalue weighted by molar-refractivity contribution is 6.01. The van der Waals surface area contributed by atoms with E-state index in [1.807, 2.05) is 13.1 Å². The monoisotopic (exact) mass is 401 g/mol. The molecule has 2 unspecified atom stereocenters. The van der Waals surface area contributed by atoms with E-state index >= 15 is 0 Å². The van der Waals surface area contributed by atoms with Crippen LogP contribution in [0.4, 0.5) is 5.69 Å². The molecule has 2 aromatic heterocycles. The number of methoxy groups -OCH3 is 1. The summed E-state index contributed by atoms with van der Waals surface area (Å²) in [6, 6.07) is 0. The minimum Gasteiger partial charge on any atom is -0.481 e. The van der Waals surface area contributed by atoms with Crippen LogP contribution in [0, 0.1) is 11.8 Å². The van der Waals surface area contributed by atoms with Crippen LogP contribution in [0.2, 0.25) is 0 Å². The second kappa shape index (κ2) is 10.3. The van der Waals surface area contributed by atoms with E-state index in [0.29, 0.717) is 29.9 Å². The third-order valence-corrected chi connectivity index (χ3v) is 5.71. The van der Waals surface area contributed by atoms with Crippen molar-refractivity contribution in [3.05, 3.63) is 34.7 Å². The number of allylic oxidation sites excluding steroid dienone is 2. The SMILES string of the molecule is CC/C=C(/Nc1cn(CC(CC)C(C)CC)c(=O)n2c(OC)cnc12)C(C)=NC. The van der Waals surface area contributed by atoms with Gasteiger partial charge in [0.15, 0.2) is 5.65 Å². The van der Waals surface area contributed by atoms with Gasteiger partial charge in [-0.15, -0.1) is 0 Å². The van der Waals surface area contributed by atoms with Gasteiger partial charge in [0, 0.05) is 19.8 Å². The van der Waals surface area contributed by atoms with E-state index in [9.17, 15) is 4.79 Å². The Labute approximate surface area is 173 Å². The van der Waals surface area contributed by atoms with Crippen LogP contribution in [-0.4, -0.2) is 33.8 Å². The molecule has 0 bridgehead atoms. The third kappa shape index (κ3) is 4.89. The average Bonchev–Trinajstić information content (AvgIpc) is 3.17. The van der Waals surface area contributed by atoms with Crippen molar-refractivity contribution in [2.75, 3.05) is 19.5 Å². The zero-order valence-corrected chi connectivity index (χ0v) is 18.8. The van der Waals surface area contributed by atoms with Gasteiger partial charge in [0.05, 0.1) is 30.4 Å². The van der Waals surface area contributed by atoms with Crippen molar-refractivity contribution in [2.45, 2.75) is 60.4 Å². The van der Waals surface area contributed by atoms with Crippen molar-refractivity contribution in [1.29, 1.82) is 0 Å². The quantitative estimate of drug-likeness (QED) is 0.600. The molecule has 2 rings (SSSR count). The van der Waals surface area contributed by atoms with Gasteiger partial charge in [-0.05, 0) is 25.2 Å². The number of aliphatic imine (C=N–C) groups is 1. The van der Waals surface area contributed by atoms with E-state index < -0.39 is 0 Å². The van der Waals surface area contributed by atoms with Crippen molar-refractivity contribution < 1.29 is 4.74 Å². The lowest BCUT2D eigenvalue weighted by Crippen LogP contribution is -2.31. The molecular formula is C22H35N5O2. The number of imidazole rings is 1. The van der Waals surface area contributed by atoms with Gasteiger partial charge in [-0.1, -0.05) is 46.6 Å². The molecule has 0 aromatic carbocycles. The lowest BCUT2D eigenvalue weighted by atomic mass is 9.89. The Morgan fingerprint density at radius 1 is 1.34 bits per heavy atom. The first-order valence-electron chi connectivity index (χ1n) is 10.5. The fourth-order valence-electron chi connectivity index (χ4n) is 3.53. The van der Waals surface area contributed by atoms with Crippen molar-refractivity contribution in [3.63, 3.8) is 0 Å². The molecule has 2 aromatic rings. The van der Waals surface area contributed by atoms with Gasteiger partial charge in [-0.3, -0.25) is 9.56 Å². The van der Waals surface area contributed by atoms with Crippen molar-refractivity contribution in [1.82, 2.24) is 14.0 Å². The normalized spacial score (nSPS) is 14.9. The summed E-state index contributed by atoms with van der Waals surface area (Å²) < 4.78 is 8.72. The molecule has 2 atom stereocenters. The fraction of sp³-hybridized carbons (Fsp3) is 0.591. The lowest BCUT2D eigenvalue weighted by molar-refractivity contribution is 0.291. The molecule has 0 aliphatic rings. The molecule has 7 heteroatoms. The summed E-state index contributed by atoms with van der Waals surface area (Å²) in [6.07, 6.45) is 8.53. The van der Waals surface area contributed by atoms with Crippen molar-refractivity contribution >= 4 is 17.0 Å². The smallest absolute Gasteiger partial charge is 0.336 e. The Morgan fingerprint density at radius 3 is 2.62 bits per heavy atom. The first-order valence-corrected chi connectivity index (χ1v) is 10.5. The second-order valence-corrected chi connectivity index (χ2v) is 7.45. The Kier molecular flexibility index (Phi) is 8.05. The molecule has 1 N–H and O–H groups in total. The third-order valence-electron chi connectivity index (χ3n) is 5.71. The zero-order valence-electron chi connectivity index (χ0n) is 18.8. The number of fused-ring (bicyclic) bond motifs is 1. The van der Waals surface area contributed by atoms with Gasteiger partial charge in [-0.25, -0.2) is 14.2 Å². The Hall–Kier alpha value is -2.57. The van der Waals surface area contributed by atoms with Crippen LogP contribution in [0.5, 0.6) is 5.88 Å². The molecule has 0 fully saturated rings. The number of nitrogens with zero attached hydrogens (tertiary/aromatic N) is 4. The minimum absolute atomic E-state index is 0.136. The summed E-state index contributed by atoms with van der Waals surface area (Å²) >= 11 is 0. The van der Waals surface area contributed by atoms with Crippen molar-refractivity contribution in [3.8, 4) is 5.88 Å². The summed E-state index contributed by atoms with van der Waals surface area (Å²) in [6.45, 7) is 11.3. The molecule has 0 spiro atoms. The summed E-state index contributed by atoms with van der Waals surface area (Å²) in [5, 5.41) is 3.44. The maximum Gasteiger partial charge on any atom is 0.336 e. The number of hydrogen-bond acceptors (Lipinski definition) is 5. The topological polar surface area (TPSA) is 72.9 Å². The fourth-order valence-corrected chi connectivity index (χ4v) is 3.53. The number of anilines is 1. The molecule has 0 saturated heterocycles. The van der Waals surface area contributed by atoms with Crippen LogP contribution in [0.1, 0.15) is 53.9 Å². The number of hydrogen-bond donors (Lipinski definition) is 1. The van der Waals surface area contributed by atoms with E-state index in [1.165, 1.54) is 4.40 Å². The minimum atomic E-state index is -0.136. The van der Waals surface area contributed by atoms with Gasteiger partial charge in [0.2, 0.25) is 5.88 Å². The molecule has 7 nitrogen and oxygen atoms in total. The first-order chi connectivity index (χ1) is 13.9. The summed E-state index contributed by atoms with van der Waals surface area (Å²) in [4.78, 5) is 22.0. The first kappa shape index (κ1) is 22.7. The van der Waals surface area contributed by atoms with E-state index in [-0.39, 0.29) is 5.69 Å². The molecule has 29 heavy (non-hydrogen) atoms. The molecule has 0 radical (unpaired) electrons. The van der Waals surface area contributed by atoms with Gasteiger partial charge >= 0.3 is 5.69 Å². The van der Waals surface area contributed by atoms with Gasteiger partial charge in [-0.2, -0.15) is 0 Å². The standard InChI is InChI=1S/C22H35N5O2/c1-8-11-18(16(5)23-6)25-19-14-26(13-17(10-3)15(4)9-2)22(28)27-20(29-7)12-24-21(19)27/h11-12,14-15,17,25H,8-10,13H2,1-7H3/b18-11+,23-16?. The van der Waals surface area contributed by atoms with Crippen LogP contribution in [0.25, 0.3) is 5.65 Å². The molecule has 0 saturated carbocycles. The van der Waals surface area contributed by atoms with Gasteiger partial charge in [0.1, 0.15) is 0 Å². The molecule has 0 aliphatic heterocycles. The number of rotatable bonds is 10. The zero-order chi connectivity index (χ0) is 21.6. The molecular weight excluding hydrogens is 366 g/mol. The van der Waals surface area contributed by atoms with E-state index in [1.54, 1.807) is 24.9 Å². The van der Waals surface area contributed by atoms with Crippen LogP contribution in [0.15, 0.2) is 34.0 Å². The van der Waals surface area contributed by atoms with Gasteiger partial charge < -0.3 is 10.1 Å². The highest BCUT2D eigenvalue weighted by atomic mass is 16.5. The van der Waals surface area contributed by atoms with Crippen LogP contribution < -0.4 is 15.7 Å². The van der Waals surface area contributed by atoms with E-state index in [2.05, 4.69) is 49.1 Å². The Bertz CT molecular complexity index is 939. The maximum atomic E-state index is 13.2. The van der Waals surface area contributed by atoms with Crippen molar-refractivity contribution in [2.24, 2.45) is 16.8 Å². The van der Waals surface area contributed by atoms with Crippen LogP contribution in [0.3, 0.4) is 0 Å². The van der Waals surface area contributed by atoms with Crippen LogP contribution >= 0.6 is 0 Å². The summed E-state index contributed by atoms with van der Waals surface area (Å²) in [7, 11) is 3.32. The predicted octanol–water partition coefficient (Wildman–Crippen LogP) is 4.37. The predicted molar refractivity (Wildman–Crippen MR) is 120 cm³/mol. The molecule has 0 aliphatic carbocycles. The molecule has 160 valence electrons. The Morgan fingerprint density at radius 2 is 2.07 bits per heavy atom. The lowest BCUT2D eigenvalue weighted by Gasteiger charge is -2.23. The second-order valence-electron chi connectivity index (χ2n) is 7.45. The number of aromatic nitrogens is 3. The number of ether oxygens (including phenoxy) is 1. The summed E-state index contributed by atoms with van der Waals surface area (Å²) in [5.74, 6) is 1.39. The average molecular weight is 402 g/mol. The molecule has 2 heterocycles. The van der Waals surface area contributed by atoms with Gasteiger partial charge in [0.25, 0.3) is 0 Å².